The zero-order chi connectivity index (χ0) is 31.8. The van der Waals surface area contributed by atoms with Crippen LogP contribution in [0.4, 0.5) is 0 Å². The molecule has 0 aromatic carbocycles. The first-order chi connectivity index (χ1) is 19.7. The minimum atomic E-state index is -2.48. The topological polar surface area (TPSA) is 285 Å². The van der Waals surface area contributed by atoms with E-state index in [0.717, 1.165) is 6.92 Å². The number of aliphatic hydroxyl groups excluding tert-OH is 8. The molecule has 0 spiro atoms. The number of carbonyl (C=O) groups is 2. The summed E-state index contributed by atoms with van der Waals surface area (Å²) in [6.07, 6.45) is -12.5. The van der Waals surface area contributed by atoms with Crippen LogP contribution in [0.2, 0.25) is 0 Å². The maximum atomic E-state index is 12.1. The summed E-state index contributed by atoms with van der Waals surface area (Å²) in [6, 6.07) is -1.33. The van der Waals surface area contributed by atoms with Gasteiger partial charge in [-0.05, 0) is 12.8 Å². The molecular formula is C25H43NO16. The Labute approximate surface area is 241 Å². The van der Waals surface area contributed by atoms with Crippen molar-refractivity contribution in [3.8, 4) is 0 Å². The van der Waals surface area contributed by atoms with E-state index >= 15 is 0 Å². The number of carboxylic acids is 1. The van der Waals surface area contributed by atoms with Crippen molar-refractivity contribution in [2.24, 2.45) is 0 Å². The summed E-state index contributed by atoms with van der Waals surface area (Å²) in [5, 5.41) is 104. The average Bonchev–Trinajstić information content (AvgIpc) is 2.94. The highest BCUT2D eigenvalue weighted by Crippen LogP contribution is 2.35. The number of nitrogens with one attached hydrogen (secondary N) is 1. The molecule has 2 aliphatic rings. The molecule has 2 saturated heterocycles. The molecule has 42 heavy (non-hydrogen) atoms. The lowest BCUT2D eigenvalue weighted by atomic mass is 9.79. The standard InChI is InChI=1S/C25H43NO16/c1-12(29)26-17-14(31)9-25(23(36)37,42-20(17)18(33)15(32)10-27)40-7-5-3-4-6-13(30)8-24(38)16(11-28)41-22(39-2)19(34)21(24)35/h3-4,13-22,27-28,30-35,38H,5-11H2,1-2H3,(H,26,29)(H,36,37)/b4-3+/t13?,14-,15+,16-,17+,18+,19-,20?,21-,22+,24+,25+/m0/s1. The minimum Gasteiger partial charge on any atom is -0.477 e. The van der Waals surface area contributed by atoms with E-state index in [-0.39, 0.29) is 19.4 Å². The highest BCUT2D eigenvalue weighted by atomic mass is 16.7. The Hall–Kier alpha value is -1.84. The molecule has 2 fully saturated rings. The van der Waals surface area contributed by atoms with Crippen molar-refractivity contribution < 1.29 is 79.6 Å². The third-order valence-corrected chi connectivity index (χ3v) is 7.31. The van der Waals surface area contributed by atoms with E-state index in [2.05, 4.69) is 5.32 Å². The molecule has 2 unspecified atom stereocenters. The lowest BCUT2D eigenvalue weighted by Gasteiger charge is -2.48. The monoisotopic (exact) mass is 613 g/mol. The molecule has 11 N–H and O–H groups in total. The zero-order valence-corrected chi connectivity index (χ0v) is 23.3. The number of ether oxygens (including phenoxy) is 4. The van der Waals surface area contributed by atoms with Crippen molar-refractivity contribution in [2.75, 3.05) is 26.9 Å². The van der Waals surface area contributed by atoms with Gasteiger partial charge in [-0.3, -0.25) is 4.79 Å². The van der Waals surface area contributed by atoms with E-state index in [1.165, 1.54) is 19.3 Å². The molecule has 0 aliphatic carbocycles. The fourth-order valence-electron chi connectivity index (χ4n) is 5.04. The highest BCUT2D eigenvalue weighted by molar-refractivity contribution is 5.76. The van der Waals surface area contributed by atoms with E-state index in [1.807, 2.05) is 0 Å². The van der Waals surface area contributed by atoms with Crippen LogP contribution in [0.1, 0.15) is 32.6 Å². The predicted octanol–water partition coefficient (Wildman–Crippen LogP) is -4.94. The van der Waals surface area contributed by atoms with Gasteiger partial charge in [0, 0.05) is 26.9 Å². The molecule has 17 nitrogen and oxygen atoms in total. The van der Waals surface area contributed by atoms with Crippen molar-refractivity contribution in [1.29, 1.82) is 0 Å². The van der Waals surface area contributed by atoms with Crippen molar-refractivity contribution in [3.05, 3.63) is 12.2 Å². The van der Waals surface area contributed by atoms with Crippen molar-refractivity contribution in [1.82, 2.24) is 5.32 Å². The summed E-state index contributed by atoms with van der Waals surface area (Å²) in [7, 11) is 1.20. The van der Waals surface area contributed by atoms with Crippen LogP contribution in [0.25, 0.3) is 0 Å². The Morgan fingerprint density at radius 2 is 1.81 bits per heavy atom. The van der Waals surface area contributed by atoms with Crippen LogP contribution in [0.3, 0.4) is 0 Å². The molecule has 0 saturated carbocycles. The Balaban J connectivity index is 2.00. The molecule has 12 atom stereocenters. The van der Waals surface area contributed by atoms with Gasteiger partial charge in [-0.15, -0.1) is 0 Å². The Bertz CT molecular complexity index is 904. The molecule has 2 heterocycles. The Morgan fingerprint density at radius 3 is 2.36 bits per heavy atom. The van der Waals surface area contributed by atoms with Gasteiger partial charge in [-0.25, -0.2) is 4.79 Å². The summed E-state index contributed by atoms with van der Waals surface area (Å²) < 4.78 is 21.1. The van der Waals surface area contributed by atoms with Crippen LogP contribution in [0, 0.1) is 0 Å². The van der Waals surface area contributed by atoms with Crippen LogP contribution in [0.15, 0.2) is 12.2 Å². The molecule has 0 radical (unpaired) electrons. The number of aliphatic hydroxyl groups is 9. The van der Waals surface area contributed by atoms with Gasteiger partial charge in [0.25, 0.3) is 5.79 Å². The first-order valence-electron chi connectivity index (χ1n) is 13.3. The number of carbonyl (C=O) groups excluding carboxylic acids is 1. The van der Waals surface area contributed by atoms with E-state index in [0.29, 0.717) is 0 Å². The number of hydrogen-bond acceptors (Lipinski definition) is 15. The van der Waals surface area contributed by atoms with E-state index in [9.17, 15) is 60.7 Å². The number of rotatable bonds is 15. The highest BCUT2D eigenvalue weighted by Gasteiger charge is 2.56. The third kappa shape index (κ3) is 8.41. The number of carboxylic acid groups (broad SMARTS) is 1. The maximum Gasteiger partial charge on any atom is 0.364 e. The van der Waals surface area contributed by atoms with Crippen LogP contribution in [-0.4, -0.2) is 162 Å². The lowest BCUT2D eigenvalue weighted by molar-refractivity contribution is -0.330. The SMILES string of the molecule is CO[C@@H]1O[C@@H](CO)[C@](O)(CC(O)C/C=C/CCO[C@]2(C(=O)O)C[C@H](O)[C@@H](NC(C)=O)C([C@H](O)[C@H](O)CO)O2)[C@@H](O)[C@@H]1O. The Kier molecular flexibility index (Phi) is 13.6. The van der Waals surface area contributed by atoms with Crippen LogP contribution >= 0.6 is 0 Å². The lowest BCUT2D eigenvalue weighted by Crippen LogP contribution is -2.67. The second-order valence-corrected chi connectivity index (χ2v) is 10.4. The minimum absolute atomic E-state index is 0.0618. The van der Waals surface area contributed by atoms with Gasteiger partial charge in [0.15, 0.2) is 6.29 Å². The van der Waals surface area contributed by atoms with Crippen LogP contribution in [-0.2, 0) is 28.5 Å². The van der Waals surface area contributed by atoms with Gasteiger partial charge < -0.3 is 75.3 Å². The average molecular weight is 614 g/mol. The molecular weight excluding hydrogens is 570 g/mol. The summed E-state index contributed by atoms with van der Waals surface area (Å²) >= 11 is 0. The van der Waals surface area contributed by atoms with E-state index < -0.39 is 110 Å². The van der Waals surface area contributed by atoms with Crippen LogP contribution in [0.5, 0.6) is 0 Å². The molecule has 17 heteroatoms. The summed E-state index contributed by atoms with van der Waals surface area (Å²) in [5.41, 5.74) is -2.20. The van der Waals surface area contributed by atoms with Gasteiger partial charge in [0.2, 0.25) is 5.91 Å². The van der Waals surface area contributed by atoms with Gasteiger partial charge in [0.05, 0.1) is 38.1 Å². The summed E-state index contributed by atoms with van der Waals surface area (Å²) in [5.74, 6) is -4.77. The second-order valence-electron chi connectivity index (χ2n) is 10.4. The van der Waals surface area contributed by atoms with E-state index in [1.54, 1.807) is 0 Å². The van der Waals surface area contributed by atoms with Crippen LogP contribution < -0.4 is 5.32 Å². The molecule has 0 aromatic heterocycles. The first-order valence-corrected chi connectivity index (χ1v) is 13.3. The molecule has 0 bridgehead atoms. The molecule has 2 rings (SSSR count). The molecule has 244 valence electrons. The summed E-state index contributed by atoms with van der Waals surface area (Å²) in [6.45, 7) is -0.826. The fraction of sp³-hybridized carbons (Fsp3) is 0.840. The zero-order valence-electron chi connectivity index (χ0n) is 23.3. The van der Waals surface area contributed by atoms with Gasteiger partial charge >= 0.3 is 5.97 Å². The molecule has 1 amide bonds. The van der Waals surface area contributed by atoms with Crippen molar-refractivity contribution in [3.63, 3.8) is 0 Å². The Morgan fingerprint density at radius 1 is 1.14 bits per heavy atom. The number of hydrogen-bond donors (Lipinski definition) is 11. The second kappa shape index (κ2) is 15.8. The molecule has 0 aromatic rings. The fourth-order valence-corrected chi connectivity index (χ4v) is 5.04. The van der Waals surface area contributed by atoms with E-state index in [4.69, 9.17) is 18.9 Å². The number of aliphatic carboxylic acids is 1. The van der Waals surface area contributed by atoms with Gasteiger partial charge in [-0.1, -0.05) is 12.2 Å². The smallest absolute Gasteiger partial charge is 0.364 e. The van der Waals surface area contributed by atoms with Crippen molar-refractivity contribution >= 4 is 11.9 Å². The third-order valence-electron chi connectivity index (χ3n) is 7.31. The number of amides is 1. The van der Waals surface area contributed by atoms with Gasteiger partial charge in [0.1, 0.15) is 42.2 Å². The quantitative estimate of drug-likeness (QED) is 0.0609. The largest absolute Gasteiger partial charge is 0.477 e. The summed E-state index contributed by atoms with van der Waals surface area (Å²) in [4.78, 5) is 23.7. The molecule has 2 aliphatic heterocycles. The van der Waals surface area contributed by atoms with Crippen molar-refractivity contribution in [2.45, 2.75) is 105 Å². The van der Waals surface area contributed by atoms with Gasteiger partial charge in [-0.2, -0.15) is 0 Å². The first kappa shape index (κ1) is 36.4. The predicted molar refractivity (Wildman–Crippen MR) is 137 cm³/mol. The maximum absolute atomic E-state index is 12.1. The normalized spacial score (nSPS) is 37.7. The number of methoxy groups -OCH3 is 1.